The summed E-state index contributed by atoms with van der Waals surface area (Å²) in [5.41, 5.74) is 3.44. The highest BCUT2D eigenvalue weighted by molar-refractivity contribution is 5.65. The number of pyridine rings is 2. The Labute approximate surface area is 175 Å². The number of hydrogen-bond acceptors (Lipinski definition) is 6. The summed E-state index contributed by atoms with van der Waals surface area (Å²) in [6.07, 6.45) is -7.97. The first-order valence-corrected chi connectivity index (χ1v) is 8.83. The van der Waals surface area contributed by atoms with Crippen LogP contribution in [-0.2, 0) is 12.4 Å². The van der Waals surface area contributed by atoms with Gasteiger partial charge in [-0.3, -0.25) is 0 Å². The Hall–Kier alpha value is -3.96. The molecule has 1 aromatic carbocycles. The standard InChI is InChI=1S/C20H11F6N5O/c21-19(22,23)12-4-1-10(2-5-12)14-7-13(20(24,25)26)8-15(29-14)18-30-17(31-32-18)11-3-6-16(27)28-9-11/h1-9H,(H2,27,28). The van der Waals surface area contributed by atoms with Crippen LogP contribution in [0.4, 0.5) is 32.2 Å². The number of nitrogens with zero attached hydrogens (tertiary/aromatic N) is 4. The molecule has 0 aliphatic carbocycles. The molecule has 3 heterocycles. The third-order valence-electron chi connectivity index (χ3n) is 4.35. The number of benzene rings is 1. The topological polar surface area (TPSA) is 90.7 Å². The second kappa shape index (κ2) is 7.62. The van der Waals surface area contributed by atoms with Gasteiger partial charge >= 0.3 is 12.4 Å². The minimum Gasteiger partial charge on any atom is -0.384 e. The zero-order valence-electron chi connectivity index (χ0n) is 15.7. The van der Waals surface area contributed by atoms with E-state index in [-0.39, 0.29) is 34.5 Å². The summed E-state index contributed by atoms with van der Waals surface area (Å²) in [6, 6.07) is 8.06. The SMILES string of the molecule is Nc1ccc(-c2noc(-c3cc(C(F)(F)F)cc(-c4ccc(C(F)(F)F)cc4)n3)n2)cn1. The lowest BCUT2D eigenvalue weighted by Gasteiger charge is -2.11. The molecule has 32 heavy (non-hydrogen) atoms. The van der Waals surface area contributed by atoms with Gasteiger partial charge in [-0.25, -0.2) is 9.97 Å². The summed E-state index contributed by atoms with van der Waals surface area (Å²) in [5, 5.41) is 3.71. The molecule has 0 bridgehead atoms. The maximum Gasteiger partial charge on any atom is 0.416 e. The molecule has 0 unspecified atom stereocenters. The predicted molar refractivity (Wildman–Crippen MR) is 101 cm³/mol. The van der Waals surface area contributed by atoms with E-state index in [4.69, 9.17) is 10.3 Å². The summed E-state index contributed by atoms with van der Waals surface area (Å²) in [4.78, 5) is 12.0. The average Bonchev–Trinajstić information content (AvgIpc) is 3.23. The van der Waals surface area contributed by atoms with Gasteiger partial charge in [-0.1, -0.05) is 17.3 Å². The lowest BCUT2D eigenvalue weighted by atomic mass is 10.1. The lowest BCUT2D eigenvalue weighted by molar-refractivity contribution is -0.138. The normalized spacial score (nSPS) is 12.2. The van der Waals surface area contributed by atoms with Crippen LogP contribution in [0.15, 0.2) is 59.3 Å². The number of alkyl halides is 6. The fourth-order valence-electron chi connectivity index (χ4n) is 2.76. The zero-order valence-corrected chi connectivity index (χ0v) is 15.7. The Kier molecular flexibility index (Phi) is 5.07. The van der Waals surface area contributed by atoms with Crippen molar-refractivity contribution in [2.45, 2.75) is 12.4 Å². The van der Waals surface area contributed by atoms with Crippen molar-refractivity contribution < 1.29 is 30.9 Å². The van der Waals surface area contributed by atoms with E-state index in [1.165, 1.54) is 12.3 Å². The van der Waals surface area contributed by atoms with Crippen molar-refractivity contribution in [3.63, 3.8) is 0 Å². The molecule has 0 saturated carbocycles. The Morgan fingerprint density at radius 2 is 1.34 bits per heavy atom. The largest absolute Gasteiger partial charge is 0.416 e. The van der Waals surface area contributed by atoms with Gasteiger partial charge in [0.2, 0.25) is 5.82 Å². The Morgan fingerprint density at radius 3 is 1.94 bits per heavy atom. The molecule has 4 rings (SSSR count). The van der Waals surface area contributed by atoms with Gasteiger partial charge in [0.1, 0.15) is 11.5 Å². The van der Waals surface area contributed by atoms with Gasteiger partial charge in [0.15, 0.2) is 0 Å². The van der Waals surface area contributed by atoms with E-state index in [1.807, 2.05) is 0 Å². The second-order valence-corrected chi connectivity index (χ2v) is 6.59. The fraction of sp³-hybridized carbons (Fsp3) is 0.100. The van der Waals surface area contributed by atoms with Gasteiger partial charge in [-0.15, -0.1) is 0 Å². The third-order valence-corrected chi connectivity index (χ3v) is 4.35. The Bertz CT molecular complexity index is 1250. The maximum absolute atomic E-state index is 13.4. The van der Waals surface area contributed by atoms with Crippen molar-refractivity contribution >= 4 is 5.82 Å². The molecule has 0 amide bonds. The monoisotopic (exact) mass is 451 g/mol. The van der Waals surface area contributed by atoms with Crippen LogP contribution in [0.3, 0.4) is 0 Å². The highest BCUT2D eigenvalue weighted by Crippen LogP contribution is 2.36. The van der Waals surface area contributed by atoms with Crippen molar-refractivity contribution in [1.82, 2.24) is 20.1 Å². The van der Waals surface area contributed by atoms with E-state index in [2.05, 4.69) is 20.1 Å². The Morgan fingerprint density at radius 1 is 0.719 bits per heavy atom. The van der Waals surface area contributed by atoms with E-state index in [1.54, 1.807) is 6.07 Å². The van der Waals surface area contributed by atoms with Gasteiger partial charge < -0.3 is 10.3 Å². The molecular formula is C20H11F6N5O. The van der Waals surface area contributed by atoms with Crippen LogP contribution in [0.1, 0.15) is 11.1 Å². The summed E-state index contributed by atoms with van der Waals surface area (Å²) in [5.74, 6) is -0.0166. The van der Waals surface area contributed by atoms with E-state index in [0.29, 0.717) is 11.6 Å². The quantitative estimate of drug-likeness (QED) is 0.415. The smallest absolute Gasteiger partial charge is 0.384 e. The summed E-state index contributed by atoms with van der Waals surface area (Å²) >= 11 is 0. The van der Waals surface area contributed by atoms with Crippen LogP contribution >= 0.6 is 0 Å². The molecule has 0 fully saturated rings. The first-order valence-electron chi connectivity index (χ1n) is 8.83. The van der Waals surface area contributed by atoms with E-state index in [0.717, 1.165) is 30.3 Å². The minimum absolute atomic E-state index is 0.0443. The van der Waals surface area contributed by atoms with E-state index >= 15 is 0 Å². The molecule has 2 N–H and O–H groups in total. The van der Waals surface area contributed by atoms with Crippen molar-refractivity contribution in [1.29, 1.82) is 0 Å². The lowest BCUT2D eigenvalue weighted by Crippen LogP contribution is -2.07. The molecular weight excluding hydrogens is 440 g/mol. The molecule has 0 spiro atoms. The molecule has 12 heteroatoms. The number of halogens is 6. The van der Waals surface area contributed by atoms with Crippen molar-refractivity contribution in [3.8, 4) is 34.2 Å². The second-order valence-electron chi connectivity index (χ2n) is 6.59. The van der Waals surface area contributed by atoms with Crippen LogP contribution in [-0.4, -0.2) is 20.1 Å². The Balaban J connectivity index is 1.77. The molecule has 0 radical (unpaired) electrons. The molecule has 0 aliphatic heterocycles. The summed E-state index contributed by atoms with van der Waals surface area (Å²) in [6.45, 7) is 0. The van der Waals surface area contributed by atoms with E-state index in [9.17, 15) is 26.3 Å². The number of hydrogen-bond donors (Lipinski definition) is 1. The summed E-state index contributed by atoms with van der Waals surface area (Å²) in [7, 11) is 0. The van der Waals surface area contributed by atoms with Crippen LogP contribution < -0.4 is 5.73 Å². The molecule has 0 atom stereocenters. The molecule has 0 aliphatic rings. The van der Waals surface area contributed by atoms with Crippen molar-refractivity contribution in [3.05, 3.63) is 65.9 Å². The van der Waals surface area contributed by atoms with Gasteiger partial charge in [0.05, 0.1) is 16.8 Å². The first-order chi connectivity index (χ1) is 15.0. The van der Waals surface area contributed by atoms with Crippen LogP contribution in [0.5, 0.6) is 0 Å². The molecule has 4 aromatic rings. The van der Waals surface area contributed by atoms with Crippen molar-refractivity contribution in [2.24, 2.45) is 0 Å². The van der Waals surface area contributed by atoms with Crippen LogP contribution in [0.2, 0.25) is 0 Å². The molecule has 3 aromatic heterocycles. The number of aromatic nitrogens is 4. The van der Waals surface area contributed by atoms with Crippen LogP contribution in [0.25, 0.3) is 34.2 Å². The number of anilines is 1. The average molecular weight is 451 g/mol. The fourth-order valence-corrected chi connectivity index (χ4v) is 2.76. The van der Waals surface area contributed by atoms with Gasteiger partial charge in [-0.05, 0) is 36.4 Å². The third kappa shape index (κ3) is 4.38. The van der Waals surface area contributed by atoms with Gasteiger partial charge in [0.25, 0.3) is 5.89 Å². The highest BCUT2D eigenvalue weighted by Gasteiger charge is 2.33. The number of nitrogen functional groups attached to an aromatic ring is 1. The van der Waals surface area contributed by atoms with Crippen molar-refractivity contribution in [2.75, 3.05) is 5.73 Å². The number of rotatable bonds is 3. The maximum atomic E-state index is 13.4. The van der Waals surface area contributed by atoms with Gasteiger partial charge in [0, 0.05) is 17.3 Å². The minimum atomic E-state index is -4.75. The number of nitrogens with two attached hydrogens (primary N) is 1. The first kappa shape index (κ1) is 21.3. The van der Waals surface area contributed by atoms with Crippen LogP contribution in [0, 0.1) is 0 Å². The zero-order chi connectivity index (χ0) is 23.1. The molecule has 0 saturated heterocycles. The highest BCUT2D eigenvalue weighted by atomic mass is 19.4. The van der Waals surface area contributed by atoms with E-state index < -0.39 is 23.5 Å². The summed E-state index contributed by atoms with van der Waals surface area (Å²) < 4.78 is 83.8. The molecule has 164 valence electrons. The predicted octanol–water partition coefficient (Wildman–Crippen LogP) is 5.48. The van der Waals surface area contributed by atoms with Gasteiger partial charge in [-0.2, -0.15) is 31.3 Å². The molecule has 6 nitrogen and oxygen atoms in total.